The van der Waals surface area contributed by atoms with E-state index in [1.807, 2.05) is 13.8 Å². The van der Waals surface area contributed by atoms with Gasteiger partial charge in [0.2, 0.25) is 5.91 Å². The van der Waals surface area contributed by atoms with Crippen molar-refractivity contribution in [2.24, 2.45) is 5.92 Å². The third kappa shape index (κ3) is 4.90. The summed E-state index contributed by atoms with van der Waals surface area (Å²) in [6.45, 7) is 6.36. The third-order valence-corrected chi connectivity index (χ3v) is 3.62. The molecule has 1 rings (SSSR count). The number of amides is 1. The van der Waals surface area contributed by atoms with Crippen LogP contribution in [0.2, 0.25) is 0 Å². The first-order valence-corrected chi connectivity index (χ1v) is 6.60. The summed E-state index contributed by atoms with van der Waals surface area (Å²) in [5.41, 5.74) is 0.292. The molecule has 0 aromatic carbocycles. The molecule has 0 heterocycles. The van der Waals surface area contributed by atoms with Gasteiger partial charge in [0.05, 0.1) is 5.60 Å². The SMILES string of the molecule is CCC1CCC(O)(CNC(=O)C=C(C)C)CC1. The van der Waals surface area contributed by atoms with Gasteiger partial charge in [-0.15, -0.1) is 0 Å². The van der Waals surface area contributed by atoms with E-state index < -0.39 is 5.60 Å². The third-order valence-electron chi connectivity index (χ3n) is 3.62. The fraction of sp³-hybridized carbons (Fsp3) is 0.786. The summed E-state index contributed by atoms with van der Waals surface area (Å²) in [4.78, 5) is 11.5. The number of allylic oxidation sites excluding steroid dienone is 1. The van der Waals surface area contributed by atoms with Crippen LogP contribution in [0.25, 0.3) is 0 Å². The molecule has 17 heavy (non-hydrogen) atoms. The molecule has 0 unspecified atom stereocenters. The smallest absolute Gasteiger partial charge is 0.244 e. The largest absolute Gasteiger partial charge is 0.388 e. The second kappa shape index (κ2) is 6.20. The molecule has 0 aliphatic heterocycles. The normalized spacial score (nSPS) is 28.6. The van der Waals surface area contributed by atoms with Gasteiger partial charge in [0, 0.05) is 12.6 Å². The summed E-state index contributed by atoms with van der Waals surface area (Å²) in [5, 5.41) is 13.1. The standard InChI is InChI=1S/C14H25NO2/c1-4-12-5-7-14(17,8-6-12)10-15-13(16)9-11(2)3/h9,12,17H,4-8,10H2,1-3H3,(H,15,16). The van der Waals surface area contributed by atoms with Gasteiger partial charge in [-0.3, -0.25) is 4.79 Å². The number of hydrogen-bond donors (Lipinski definition) is 2. The van der Waals surface area contributed by atoms with Crippen molar-refractivity contribution in [2.45, 2.75) is 58.5 Å². The fourth-order valence-electron chi connectivity index (χ4n) is 2.36. The summed E-state index contributed by atoms with van der Waals surface area (Å²) < 4.78 is 0. The second-order valence-corrected chi connectivity index (χ2v) is 5.52. The molecule has 0 aromatic rings. The Morgan fingerprint density at radius 2 is 2.00 bits per heavy atom. The van der Waals surface area contributed by atoms with Crippen LogP contribution >= 0.6 is 0 Å². The van der Waals surface area contributed by atoms with Crippen LogP contribution in [0, 0.1) is 5.92 Å². The predicted molar refractivity (Wildman–Crippen MR) is 69.6 cm³/mol. The van der Waals surface area contributed by atoms with E-state index in [-0.39, 0.29) is 5.91 Å². The average Bonchev–Trinajstić information content (AvgIpc) is 2.27. The summed E-state index contributed by atoms with van der Waals surface area (Å²) >= 11 is 0. The molecule has 0 saturated heterocycles. The minimum absolute atomic E-state index is 0.101. The molecule has 1 fully saturated rings. The molecule has 2 N–H and O–H groups in total. The highest BCUT2D eigenvalue weighted by atomic mass is 16.3. The Balaban J connectivity index is 2.36. The monoisotopic (exact) mass is 239 g/mol. The van der Waals surface area contributed by atoms with Crippen molar-refractivity contribution in [3.63, 3.8) is 0 Å². The number of nitrogens with one attached hydrogen (secondary N) is 1. The van der Waals surface area contributed by atoms with E-state index in [0.717, 1.165) is 37.2 Å². The Morgan fingerprint density at radius 1 is 1.41 bits per heavy atom. The highest BCUT2D eigenvalue weighted by molar-refractivity contribution is 5.88. The van der Waals surface area contributed by atoms with Gasteiger partial charge in [-0.05, 0) is 45.4 Å². The zero-order valence-electron chi connectivity index (χ0n) is 11.3. The van der Waals surface area contributed by atoms with Crippen molar-refractivity contribution in [1.29, 1.82) is 0 Å². The maximum absolute atomic E-state index is 11.5. The minimum Gasteiger partial charge on any atom is -0.388 e. The van der Waals surface area contributed by atoms with Gasteiger partial charge in [0.1, 0.15) is 0 Å². The Bertz CT molecular complexity index is 285. The summed E-state index contributed by atoms with van der Waals surface area (Å²) in [6, 6.07) is 0. The first-order valence-electron chi connectivity index (χ1n) is 6.60. The van der Waals surface area contributed by atoms with Crippen molar-refractivity contribution < 1.29 is 9.90 Å². The lowest BCUT2D eigenvalue weighted by molar-refractivity contribution is -0.118. The second-order valence-electron chi connectivity index (χ2n) is 5.52. The van der Waals surface area contributed by atoms with Crippen molar-refractivity contribution in [3.8, 4) is 0 Å². The van der Waals surface area contributed by atoms with Crippen LogP contribution in [-0.4, -0.2) is 23.2 Å². The van der Waals surface area contributed by atoms with Gasteiger partial charge < -0.3 is 10.4 Å². The van der Waals surface area contributed by atoms with Gasteiger partial charge in [-0.1, -0.05) is 18.9 Å². The number of aliphatic hydroxyl groups is 1. The van der Waals surface area contributed by atoms with Crippen LogP contribution in [0.3, 0.4) is 0 Å². The van der Waals surface area contributed by atoms with E-state index in [2.05, 4.69) is 12.2 Å². The van der Waals surface area contributed by atoms with E-state index in [1.54, 1.807) is 6.08 Å². The zero-order chi connectivity index (χ0) is 12.9. The maximum atomic E-state index is 11.5. The quantitative estimate of drug-likeness (QED) is 0.740. The average molecular weight is 239 g/mol. The van der Waals surface area contributed by atoms with Crippen molar-refractivity contribution in [1.82, 2.24) is 5.32 Å². The molecule has 0 aromatic heterocycles. The van der Waals surface area contributed by atoms with Crippen LogP contribution in [-0.2, 0) is 4.79 Å². The Labute approximate surface area is 104 Å². The lowest BCUT2D eigenvalue weighted by Crippen LogP contribution is -2.45. The van der Waals surface area contributed by atoms with E-state index in [4.69, 9.17) is 0 Å². The maximum Gasteiger partial charge on any atom is 0.244 e. The molecule has 0 spiro atoms. The van der Waals surface area contributed by atoms with E-state index in [9.17, 15) is 9.90 Å². The molecular formula is C14H25NO2. The molecule has 0 bridgehead atoms. The molecule has 1 saturated carbocycles. The van der Waals surface area contributed by atoms with Crippen LogP contribution in [0.4, 0.5) is 0 Å². The molecule has 0 radical (unpaired) electrons. The summed E-state index contributed by atoms with van der Waals surface area (Å²) in [5.74, 6) is 0.653. The molecule has 1 amide bonds. The lowest BCUT2D eigenvalue weighted by atomic mass is 9.78. The van der Waals surface area contributed by atoms with Crippen LogP contribution in [0.15, 0.2) is 11.6 Å². The first-order chi connectivity index (χ1) is 7.95. The molecule has 3 nitrogen and oxygen atoms in total. The predicted octanol–water partition coefficient (Wildman–Crippen LogP) is 2.40. The molecule has 0 atom stereocenters. The minimum atomic E-state index is -0.684. The van der Waals surface area contributed by atoms with E-state index in [0.29, 0.717) is 6.54 Å². The fourth-order valence-corrected chi connectivity index (χ4v) is 2.36. The molecule has 3 heteroatoms. The van der Waals surface area contributed by atoms with Gasteiger partial charge >= 0.3 is 0 Å². The first kappa shape index (κ1) is 14.2. The number of carbonyl (C=O) groups excluding carboxylic acids is 1. The van der Waals surface area contributed by atoms with Gasteiger partial charge in [-0.25, -0.2) is 0 Å². The van der Waals surface area contributed by atoms with Gasteiger partial charge in [0.15, 0.2) is 0 Å². The van der Waals surface area contributed by atoms with Crippen LogP contribution < -0.4 is 5.32 Å². The Morgan fingerprint density at radius 3 is 2.47 bits per heavy atom. The summed E-state index contributed by atoms with van der Waals surface area (Å²) in [7, 11) is 0. The summed E-state index contributed by atoms with van der Waals surface area (Å²) in [6.07, 6.45) is 6.53. The number of carbonyl (C=O) groups is 1. The zero-order valence-corrected chi connectivity index (χ0v) is 11.3. The molecule has 98 valence electrons. The van der Waals surface area contributed by atoms with E-state index in [1.165, 1.54) is 6.42 Å². The molecular weight excluding hydrogens is 214 g/mol. The lowest BCUT2D eigenvalue weighted by Gasteiger charge is -2.35. The van der Waals surface area contributed by atoms with Crippen molar-refractivity contribution in [3.05, 3.63) is 11.6 Å². The highest BCUT2D eigenvalue weighted by Crippen LogP contribution is 2.33. The number of rotatable bonds is 4. The highest BCUT2D eigenvalue weighted by Gasteiger charge is 2.32. The van der Waals surface area contributed by atoms with Gasteiger partial charge in [-0.2, -0.15) is 0 Å². The van der Waals surface area contributed by atoms with E-state index >= 15 is 0 Å². The van der Waals surface area contributed by atoms with Gasteiger partial charge in [0.25, 0.3) is 0 Å². The molecule has 1 aliphatic carbocycles. The van der Waals surface area contributed by atoms with Crippen molar-refractivity contribution in [2.75, 3.05) is 6.54 Å². The van der Waals surface area contributed by atoms with Crippen molar-refractivity contribution >= 4 is 5.91 Å². The molecule has 1 aliphatic rings. The van der Waals surface area contributed by atoms with Crippen LogP contribution in [0.5, 0.6) is 0 Å². The Hall–Kier alpha value is -0.830. The number of hydrogen-bond acceptors (Lipinski definition) is 2. The Kier molecular flexibility index (Phi) is 5.19. The van der Waals surface area contributed by atoms with Crippen LogP contribution in [0.1, 0.15) is 52.9 Å². The topological polar surface area (TPSA) is 49.3 Å².